The molecular weight excluding hydrogens is 236 g/mol. The third-order valence-electron chi connectivity index (χ3n) is 3.27. The average molecular weight is 255 g/mol. The van der Waals surface area contributed by atoms with Crippen LogP contribution in [0.1, 0.15) is 12.0 Å². The molecule has 2 rings (SSSR count). The lowest BCUT2D eigenvalue weighted by Crippen LogP contribution is -2.29. The molecule has 1 aliphatic rings. The minimum absolute atomic E-state index is 0.0439. The molecule has 1 aromatic rings. The van der Waals surface area contributed by atoms with Crippen molar-refractivity contribution in [2.45, 2.75) is 13.0 Å². The number of hydrogen-bond donors (Lipinski definition) is 1. The highest BCUT2D eigenvalue weighted by atomic mass is 35.5. The van der Waals surface area contributed by atoms with Gasteiger partial charge in [-0.1, -0.05) is 11.6 Å². The maximum Gasteiger partial charge on any atom is 0.0702 e. The van der Waals surface area contributed by atoms with Gasteiger partial charge in [0, 0.05) is 35.9 Å². The zero-order valence-corrected chi connectivity index (χ0v) is 11.0. The van der Waals surface area contributed by atoms with E-state index >= 15 is 0 Å². The molecule has 17 heavy (non-hydrogen) atoms. The molecule has 1 aromatic carbocycles. The summed E-state index contributed by atoms with van der Waals surface area (Å²) in [6, 6.07) is 5.76. The number of rotatable bonds is 2. The lowest BCUT2D eigenvalue weighted by molar-refractivity contribution is 0.282. The number of anilines is 1. The Labute approximate surface area is 108 Å². The molecule has 0 saturated carbocycles. The monoisotopic (exact) mass is 254 g/mol. The number of hydrogen-bond acceptors (Lipinski definition) is 3. The van der Waals surface area contributed by atoms with Crippen LogP contribution >= 0.6 is 11.6 Å². The predicted molar refractivity (Wildman–Crippen MR) is 71.7 cm³/mol. The first-order valence-corrected chi connectivity index (χ1v) is 6.41. The van der Waals surface area contributed by atoms with E-state index in [1.165, 1.54) is 0 Å². The Balaban J connectivity index is 2.20. The van der Waals surface area contributed by atoms with Crippen LogP contribution in [-0.2, 0) is 6.61 Å². The normalized spacial score (nSPS) is 18.2. The third kappa shape index (κ3) is 3.12. The predicted octanol–water partition coefficient (Wildman–Crippen LogP) is 1.97. The van der Waals surface area contributed by atoms with Crippen LogP contribution in [0.3, 0.4) is 0 Å². The van der Waals surface area contributed by atoms with E-state index in [2.05, 4.69) is 16.8 Å². The van der Waals surface area contributed by atoms with Crippen LogP contribution in [0.5, 0.6) is 0 Å². The number of aliphatic hydroxyl groups excluding tert-OH is 1. The molecule has 1 heterocycles. The lowest BCUT2D eigenvalue weighted by Gasteiger charge is -2.25. The van der Waals surface area contributed by atoms with E-state index in [4.69, 9.17) is 11.6 Å². The van der Waals surface area contributed by atoms with E-state index in [0.717, 1.165) is 43.9 Å². The molecule has 1 fully saturated rings. The quantitative estimate of drug-likeness (QED) is 0.874. The van der Waals surface area contributed by atoms with Crippen molar-refractivity contribution >= 4 is 17.3 Å². The molecule has 0 aromatic heterocycles. The van der Waals surface area contributed by atoms with Crippen LogP contribution in [0.2, 0.25) is 5.02 Å². The van der Waals surface area contributed by atoms with Gasteiger partial charge in [0.2, 0.25) is 0 Å². The summed E-state index contributed by atoms with van der Waals surface area (Å²) in [5.74, 6) is 0. The Hall–Kier alpha value is -0.770. The summed E-state index contributed by atoms with van der Waals surface area (Å²) in [7, 11) is 2.15. The highest BCUT2D eigenvalue weighted by molar-refractivity contribution is 6.30. The molecule has 1 N–H and O–H groups in total. The molecule has 0 radical (unpaired) electrons. The number of halogens is 1. The van der Waals surface area contributed by atoms with E-state index in [0.29, 0.717) is 5.02 Å². The highest BCUT2D eigenvalue weighted by Gasteiger charge is 2.15. The van der Waals surface area contributed by atoms with Gasteiger partial charge in [0.1, 0.15) is 0 Å². The second kappa shape index (κ2) is 5.71. The van der Waals surface area contributed by atoms with Gasteiger partial charge in [-0.3, -0.25) is 0 Å². The molecule has 0 atom stereocenters. The zero-order chi connectivity index (χ0) is 12.3. The first-order valence-electron chi connectivity index (χ1n) is 6.03. The largest absolute Gasteiger partial charge is 0.392 e. The van der Waals surface area contributed by atoms with E-state index in [1.54, 1.807) is 0 Å². The summed E-state index contributed by atoms with van der Waals surface area (Å²) in [6.07, 6.45) is 1.16. The van der Waals surface area contributed by atoms with Gasteiger partial charge in [-0.2, -0.15) is 0 Å². The third-order valence-corrected chi connectivity index (χ3v) is 3.51. The molecule has 1 saturated heterocycles. The number of likely N-dealkylation sites (N-methyl/N-ethyl adjacent to an activating group) is 1. The minimum atomic E-state index is 0.0439. The number of benzene rings is 1. The second-order valence-electron chi connectivity index (χ2n) is 4.58. The molecule has 94 valence electrons. The van der Waals surface area contributed by atoms with Crippen LogP contribution in [0.4, 0.5) is 5.69 Å². The van der Waals surface area contributed by atoms with E-state index in [1.807, 2.05) is 18.2 Å². The van der Waals surface area contributed by atoms with Gasteiger partial charge in [0.25, 0.3) is 0 Å². The van der Waals surface area contributed by atoms with Gasteiger partial charge in [0.05, 0.1) is 6.61 Å². The van der Waals surface area contributed by atoms with Crippen LogP contribution in [0.25, 0.3) is 0 Å². The number of aliphatic hydroxyl groups is 1. The van der Waals surface area contributed by atoms with Crippen molar-refractivity contribution in [1.29, 1.82) is 0 Å². The van der Waals surface area contributed by atoms with Crippen LogP contribution < -0.4 is 4.90 Å². The van der Waals surface area contributed by atoms with Gasteiger partial charge in [-0.05, 0) is 38.2 Å². The average Bonchev–Trinajstić information content (AvgIpc) is 2.54. The summed E-state index contributed by atoms with van der Waals surface area (Å²) >= 11 is 5.95. The Morgan fingerprint density at radius 3 is 2.82 bits per heavy atom. The standard InChI is InChI=1S/C13H19ClN2O/c1-15-5-2-6-16(8-7-15)13-4-3-12(14)9-11(13)10-17/h3-4,9,17H,2,5-8,10H2,1H3. The summed E-state index contributed by atoms with van der Waals surface area (Å²) < 4.78 is 0. The van der Waals surface area contributed by atoms with Crippen molar-refractivity contribution < 1.29 is 5.11 Å². The van der Waals surface area contributed by atoms with Gasteiger partial charge >= 0.3 is 0 Å². The minimum Gasteiger partial charge on any atom is -0.392 e. The fourth-order valence-electron chi connectivity index (χ4n) is 2.28. The number of nitrogens with zero attached hydrogens (tertiary/aromatic N) is 2. The molecule has 0 amide bonds. The smallest absolute Gasteiger partial charge is 0.0702 e. The van der Waals surface area contributed by atoms with Crippen LogP contribution in [-0.4, -0.2) is 43.2 Å². The highest BCUT2D eigenvalue weighted by Crippen LogP contribution is 2.25. The molecular formula is C13H19ClN2O. The second-order valence-corrected chi connectivity index (χ2v) is 5.01. The Bertz CT molecular complexity index is 384. The van der Waals surface area contributed by atoms with Crippen molar-refractivity contribution in [3.8, 4) is 0 Å². The Kier molecular flexibility index (Phi) is 4.26. The molecule has 3 nitrogen and oxygen atoms in total. The maximum atomic E-state index is 9.40. The van der Waals surface area contributed by atoms with Crippen molar-refractivity contribution in [2.24, 2.45) is 0 Å². The topological polar surface area (TPSA) is 26.7 Å². The van der Waals surface area contributed by atoms with Gasteiger partial charge in [0.15, 0.2) is 0 Å². The molecule has 0 spiro atoms. The van der Waals surface area contributed by atoms with Gasteiger partial charge < -0.3 is 14.9 Å². The van der Waals surface area contributed by atoms with Crippen molar-refractivity contribution in [1.82, 2.24) is 4.90 Å². The van der Waals surface area contributed by atoms with Crippen LogP contribution in [0.15, 0.2) is 18.2 Å². The van der Waals surface area contributed by atoms with Crippen molar-refractivity contribution in [3.05, 3.63) is 28.8 Å². The molecule has 0 unspecified atom stereocenters. The summed E-state index contributed by atoms with van der Waals surface area (Å²) in [5, 5.41) is 10.1. The molecule has 4 heteroatoms. The Morgan fingerprint density at radius 2 is 2.06 bits per heavy atom. The summed E-state index contributed by atoms with van der Waals surface area (Å²) in [4.78, 5) is 4.68. The first-order chi connectivity index (χ1) is 8.20. The molecule has 0 bridgehead atoms. The SMILES string of the molecule is CN1CCCN(c2ccc(Cl)cc2CO)CC1. The van der Waals surface area contributed by atoms with Crippen LogP contribution in [0, 0.1) is 0 Å². The van der Waals surface area contributed by atoms with E-state index in [9.17, 15) is 5.11 Å². The van der Waals surface area contributed by atoms with Crippen molar-refractivity contribution in [3.63, 3.8) is 0 Å². The lowest BCUT2D eigenvalue weighted by atomic mass is 10.1. The summed E-state index contributed by atoms with van der Waals surface area (Å²) in [5.41, 5.74) is 2.04. The first kappa shape index (κ1) is 12.7. The van der Waals surface area contributed by atoms with Gasteiger partial charge in [-0.25, -0.2) is 0 Å². The zero-order valence-electron chi connectivity index (χ0n) is 10.2. The Morgan fingerprint density at radius 1 is 1.24 bits per heavy atom. The van der Waals surface area contributed by atoms with E-state index < -0.39 is 0 Å². The molecule has 1 aliphatic heterocycles. The van der Waals surface area contributed by atoms with Gasteiger partial charge in [-0.15, -0.1) is 0 Å². The van der Waals surface area contributed by atoms with Crippen molar-refractivity contribution in [2.75, 3.05) is 38.1 Å². The fraction of sp³-hybridized carbons (Fsp3) is 0.538. The maximum absolute atomic E-state index is 9.40. The summed E-state index contributed by atoms with van der Waals surface area (Å²) in [6.45, 7) is 4.29. The molecule has 0 aliphatic carbocycles. The fourth-order valence-corrected chi connectivity index (χ4v) is 2.47. The van der Waals surface area contributed by atoms with E-state index in [-0.39, 0.29) is 6.61 Å².